The fraction of sp³-hybridized carbons (Fsp3) is 0.417. The largest absolute Gasteiger partial charge is 0.294 e. The molecule has 0 saturated heterocycles. The second-order valence-corrected chi connectivity index (χ2v) is 3.62. The lowest BCUT2D eigenvalue weighted by Crippen LogP contribution is -1.98. The highest BCUT2D eigenvalue weighted by atomic mass is 16.1. The van der Waals surface area contributed by atoms with Gasteiger partial charge in [-0.25, -0.2) is 0 Å². The molecule has 0 radical (unpaired) electrons. The van der Waals surface area contributed by atoms with E-state index in [9.17, 15) is 4.79 Å². The highest BCUT2D eigenvalue weighted by Crippen LogP contribution is 2.25. The number of rotatable bonds is 2. The van der Waals surface area contributed by atoms with Gasteiger partial charge in [-0.15, -0.1) is 0 Å². The number of fused-ring (bicyclic) bond motifs is 1. The average molecular weight is 174 g/mol. The Labute approximate surface area is 78.8 Å². The molecule has 0 heterocycles. The van der Waals surface area contributed by atoms with Crippen LogP contribution in [-0.4, -0.2) is 5.78 Å². The molecule has 0 fully saturated rings. The quantitative estimate of drug-likeness (QED) is 0.673. The van der Waals surface area contributed by atoms with Crippen molar-refractivity contribution in [3.8, 4) is 0 Å². The third kappa shape index (κ3) is 1.39. The number of aryl methyl sites for hydroxylation is 2. The van der Waals surface area contributed by atoms with E-state index in [1.54, 1.807) is 0 Å². The fourth-order valence-corrected chi connectivity index (χ4v) is 2.07. The Hall–Kier alpha value is -1.11. The van der Waals surface area contributed by atoms with Crippen molar-refractivity contribution in [3.63, 3.8) is 0 Å². The lowest BCUT2D eigenvalue weighted by atomic mass is 9.99. The minimum absolute atomic E-state index is 0.346. The highest BCUT2D eigenvalue weighted by molar-refractivity contribution is 6.01. The van der Waals surface area contributed by atoms with Crippen LogP contribution in [0, 0.1) is 0 Å². The number of carbonyl (C=O) groups excluding carboxylic acids is 1. The zero-order valence-electron chi connectivity index (χ0n) is 7.97. The predicted octanol–water partition coefficient (Wildman–Crippen LogP) is 2.77. The van der Waals surface area contributed by atoms with Gasteiger partial charge in [0.2, 0.25) is 0 Å². The predicted molar refractivity (Wildman–Crippen MR) is 53.1 cm³/mol. The number of Topliss-reactive ketones (excluding diaryl/α,β-unsaturated/α-hetero) is 1. The van der Waals surface area contributed by atoms with Crippen LogP contribution in [0.4, 0.5) is 0 Å². The van der Waals surface area contributed by atoms with E-state index in [1.165, 1.54) is 11.1 Å². The van der Waals surface area contributed by atoms with Gasteiger partial charge in [-0.1, -0.05) is 31.5 Å². The van der Waals surface area contributed by atoms with E-state index in [1.807, 2.05) is 0 Å². The zero-order valence-corrected chi connectivity index (χ0v) is 7.97. The van der Waals surface area contributed by atoms with Gasteiger partial charge in [0.15, 0.2) is 5.78 Å². The van der Waals surface area contributed by atoms with E-state index < -0.39 is 0 Å². The third-order valence-electron chi connectivity index (χ3n) is 2.66. The van der Waals surface area contributed by atoms with Crippen molar-refractivity contribution in [2.45, 2.75) is 32.6 Å². The second kappa shape index (κ2) is 3.33. The zero-order chi connectivity index (χ0) is 9.26. The molecule has 0 aromatic heterocycles. The van der Waals surface area contributed by atoms with Crippen LogP contribution in [0.3, 0.4) is 0 Å². The molecule has 1 nitrogen and oxygen atoms in total. The summed E-state index contributed by atoms with van der Waals surface area (Å²) in [7, 11) is 0. The van der Waals surface area contributed by atoms with Crippen LogP contribution in [0.25, 0.3) is 0 Å². The Balaban J connectivity index is 2.47. The van der Waals surface area contributed by atoms with Crippen molar-refractivity contribution >= 4 is 5.78 Å². The van der Waals surface area contributed by atoms with Gasteiger partial charge in [-0.3, -0.25) is 4.79 Å². The minimum atomic E-state index is 0.346. The van der Waals surface area contributed by atoms with E-state index in [0.29, 0.717) is 5.78 Å². The van der Waals surface area contributed by atoms with Gasteiger partial charge in [0.05, 0.1) is 0 Å². The number of hydrogen-bond acceptors (Lipinski definition) is 1. The maximum atomic E-state index is 11.6. The van der Waals surface area contributed by atoms with Gasteiger partial charge in [-0.05, 0) is 24.0 Å². The molecule has 0 saturated carbocycles. The minimum Gasteiger partial charge on any atom is -0.294 e. The molecule has 2 rings (SSSR count). The van der Waals surface area contributed by atoms with Crippen LogP contribution in [0.15, 0.2) is 18.2 Å². The van der Waals surface area contributed by atoms with E-state index in [4.69, 9.17) is 0 Å². The van der Waals surface area contributed by atoms with Crippen LogP contribution >= 0.6 is 0 Å². The van der Waals surface area contributed by atoms with Gasteiger partial charge in [0, 0.05) is 12.0 Å². The molecule has 0 spiro atoms. The van der Waals surface area contributed by atoms with Crippen molar-refractivity contribution in [1.29, 1.82) is 0 Å². The van der Waals surface area contributed by atoms with E-state index >= 15 is 0 Å². The lowest BCUT2D eigenvalue weighted by molar-refractivity contribution is 0.0994. The SMILES string of the molecule is CCCc1cccc2c1C(=O)CC2. The summed E-state index contributed by atoms with van der Waals surface area (Å²) in [5, 5.41) is 0. The maximum absolute atomic E-state index is 11.6. The molecule has 0 atom stereocenters. The molecule has 0 aliphatic heterocycles. The number of carbonyl (C=O) groups is 1. The van der Waals surface area contributed by atoms with E-state index in [-0.39, 0.29) is 0 Å². The van der Waals surface area contributed by atoms with E-state index in [0.717, 1.165) is 31.2 Å². The van der Waals surface area contributed by atoms with Gasteiger partial charge < -0.3 is 0 Å². The first-order valence-electron chi connectivity index (χ1n) is 4.97. The topological polar surface area (TPSA) is 17.1 Å². The Kier molecular flexibility index (Phi) is 2.17. The molecule has 68 valence electrons. The lowest BCUT2D eigenvalue weighted by Gasteiger charge is -2.04. The van der Waals surface area contributed by atoms with Crippen molar-refractivity contribution < 1.29 is 4.79 Å². The number of benzene rings is 1. The van der Waals surface area contributed by atoms with Crippen molar-refractivity contribution in [3.05, 3.63) is 34.9 Å². The molecule has 0 amide bonds. The molecule has 1 aromatic rings. The van der Waals surface area contributed by atoms with Gasteiger partial charge in [0.1, 0.15) is 0 Å². The summed E-state index contributed by atoms with van der Waals surface area (Å²) in [6.45, 7) is 2.15. The highest BCUT2D eigenvalue weighted by Gasteiger charge is 2.21. The first-order valence-corrected chi connectivity index (χ1v) is 4.97. The molecule has 1 aliphatic rings. The molecule has 13 heavy (non-hydrogen) atoms. The Morgan fingerprint density at radius 3 is 2.92 bits per heavy atom. The van der Waals surface area contributed by atoms with Gasteiger partial charge in [0.25, 0.3) is 0 Å². The van der Waals surface area contributed by atoms with Gasteiger partial charge >= 0.3 is 0 Å². The molecular weight excluding hydrogens is 160 g/mol. The number of hydrogen-bond donors (Lipinski definition) is 0. The van der Waals surface area contributed by atoms with E-state index in [2.05, 4.69) is 25.1 Å². The molecule has 1 aromatic carbocycles. The number of ketones is 1. The Morgan fingerprint density at radius 2 is 2.15 bits per heavy atom. The van der Waals surface area contributed by atoms with Gasteiger partial charge in [-0.2, -0.15) is 0 Å². The Morgan fingerprint density at radius 1 is 1.31 bits per heavy atom. The smallest absolute Gasteiger partial charge is 0.163 e. The molecule has 0 bridgehead atoms. The molecule has 1 heteroatoms. The fourth-order valence-electron chi connectivity index (χ4n) is 2.07. The molecule has 0 unspecified atom stereocenters. The van der Waals surface area contributed by atoms with Crippen molar-refractivity contribution in [1.82, 2.24) is 0 Å². The summed E-state index contributed by atoms with van der Waals surface area (Å²) in [6.07, 6.45) is 3.82. The summed E-state index contributed by atoms with van der Waals surface area (Å²) in [6, 6.07) is 6.24. The maximum Gasteiger partial charge on any atom is 0.163 e. The molecule has 0 N–H and O–H groups in total. The summed E-state index contributed by atoms with van der Waals surface area (Å²) < 4.78 is 0. The average Bonchev–Trinajstić information content (AvgIpc) is 2.50. The normalized spacial score (nSPS) is 14.7. The van der Waals surface area contributed by atoms with Crippen LogP contribution in [0.1, 0.15) is 41.3 Å². The standard InChI is InChI=1S/C12H14O/c1-2-4-9-5-3-6-10-7-8-11(13)12(9)10/h3,5-6H,2,4,7-8H2,1H3. The first kappa shape index (κ1) is 8.49. The second-order valence-electron chi connectivity index (χ2n) is 3.62. The van der Waals surface area contributed by atoms with Crippen molar-refractivity contribution in [2.75, 3.05) is 0 Å². The monoisotopic (exact) mass is 174 g/mol. The van der Waals surface area contributed by atoms with Crippen LogP contribution in [0.2, 0.25) is 0 Å². The summed E-state index contributed by atoms with van der Waals surface area (Å²) in [5.74, 6) is 0.346. The van der Waals surface area contributed by atoms with Crippen LogP contribution in [-0.2, 0) is 12.8 Å². The van der Waals surface area contributed by atoms with Crippen molar-refractivity contribution in [2.24, 2.45) is 0 Å². The first-order chi connectivity index (χ1) is 6.33. The third-order valence-corrected chi connectivity index (χ3v) is 2.66. The Bertz CT molecular complexity index is 339. The van der Waals surface area contributed by atoms with Crippen LogP contribution in [0.5, 0.6) is 0 Å². The molecule has 1 aliphatic carbocycles. The summed E-state index contributed by atoms with van der Waals surface area (Å²) >= 11 is 0. The van der Waals surface area contributed by atoms with Crippen LogP contribution < -0.4 is 0 Å². The summed E-state index contributed by atoms with van der Waals surface area (Å²) in [5.41, 5.74) is 3.54. The summed E-state index contributed by atoms with van der Waals surface area (Å²) in [4.78, 5) is 11.6. The molecular formula is C12H14O.